The van der Waals surface area contributed by atoms with Crippen LogP contribution in [0, 0.1) is 0 Å². The molecule has 5 nitrogen and oxygen atoms in total. The van der Waals surface area contributed by atoms with Crippen molar-refractivity contribution in [2.45, 2.75) is 38.6 Å². The molecule has 0 saturated carbocycles. The van der Waals surface area contributed by atoms with Crippen LogP contribution in [-0.2, 0) is 24.2 Å². The minimum absolute atomic E-state index is 0.0586. The molecule has 0 bridgehead atoms. The van der Waals surface area contributed by atoms with Crippen LogP contribution in [0.2, 0.25) is 10.0 Å². The Labute approximate surface area is 169 Å². The number of fused-ring (bicyclic) bond motifs is 3. The summed E-state index contributed by atoms with van der Waals surface area (Å²) >= 11 is 13.6. The summed E-state index contributed by atoms with van der Waals surface area (Å²) in [4.78, 5) is 31.7. The molecule has 0 fully saturated rings. The van der Waals surface area contributed by atoms with E-state index >= 15 is 0 Å². The smallest absolute Gasteiger partial charge is 0.262 e. The molecule has 27 heavy (non-hydrogen) atoms. The van der Waals surface area contributed by atoms with Crippen molar-refractivity contribution in [3.05, 3.63) is 55.4 Å². The first-order valence-corrected chi connectivity index (χ1v) is 10.3. The highest BCUT2D eigenvalue weighted by Crippen LogP contribution is 2.33. The number of rotatable bonds is 4. The SMILES string of the molecule is O=C(CCn1cnc2sc3c(c2c1=O)CCCC3)Nc1ccc(Cl)cc1Cl. The Morgan fingerprint density at radius 1 is 1.26 bits per heavy atom. The first-order chi connectivity index (χ1) is 13.0. The minimum Gasteiger partial charge on any atom is -0.325 e. The van der Waals surface area contributed by atoms with E-state index in [0.29, 0.717) is 15.7 Å². The maximum absolute atomic E-state index is 12.9. The largest absolute Gasteiger partial charge is 0.325 e. The number of nitrogens with zero attached hydrogens (tertiary/aromatic N) is 2. The second kappa shape index (κ2) is 7.62. The number of carbonyl (C=O) groups excluding carboxylic acids is 1. The lowest BCUT2D eigenvalue weighted by Gasteiger charge is -2.11. The first kappa shape index (κ1) is 18.5. The molecular weight excluding hydrogens is 405 g/mol. The summed E-state index contributed by atoms with van der Waals surface area (Å²) in [5, 5.41) is 4.36. The highest BCUT2D eigenvalue weighted by atomic mass is 35.5. The van der Waals surface area contributed by atoms with E-state index in [0.717, 1.165) is 35.0 Å². The number of benzene rings is 1. The number of thiophene rings is 1. The summed E-state index contributed by atoms with van der Waals surface area (Å²) < 4.78 is 1.52. The molecule has 140 valence electrons. The van der Waals surface area contributed by atoms with Gasteiger partial charge in [0.05, 0.1) is 22.4 Å². The van der Waals surface area contributed by atoms with E-state index in [1.165, 1.54) is 22.2 Å². The zero-order chi connectivity index (χ0) is 19.0. The van der Waals surface area contributed by atoms with E-state index in [9.17, 15) is 9.59 Å². The molecular formula is C19H17Cl2N3O2S. The fraction of sp³-hybridized carbons (Fsp3) is 0.316. The van der Waals surface area contributed by atoms with Crippen LogP contribution < -0.4 is 10.9 Å². The van der Waals surface area contributed by atoms with E-state index in [4.69, 9.17) is 23.2 Å². The van der Waals surface area contributed by atoms with E-state index in [-0.39, 0.29) is 24.4 Å². The van der Waals surface area contributed by atoms with Crippen molar-refractivity contribution in [3.8, 4) is 0 Å². The quantitative estimate of drug-likeness (QED) is 0.665. The van der Waals surface area contributed by atoms with Crippen molar-refractivity contribution in [1.82, 2.24) is 9.55 Å². The number of anilines is 1. The lowest BCUT2D eigenvalue weighted by atomic mass is 9.97. The molecule has 1 amide bonds. The van der Waals surface area contributed by atoms with Crippen LogP contribution in [0.5, 0.6) is 0 Å². The number of carbonyl (C=O) groups is 1. The number of aryl methyl sites for hydroxylation is 3. The number of aromatic nitrogens is 2. The zero-order valence-electron chi connectivity index (χ0n) is 14.4. The Kier molecular flexibility index (Phi) is 5.21. The van der Waals surface area contributed by atoms with Crippen LogP contribution >= 0.6 is 34.5 Å². The van der Waals surface area contributed by atoms with Gasteiger partial charge in [0.2, 0.25) is 5.91 Å². The second-order valence-corrected chi connectivity index (χ2v) is 8.48. The van der Waals surface area contributed by atoms with Gasteiger partial charge in [-0.15, -0.1) is 11.3 Å². The van der Waals surface area contributed by atoms with Gasteiger partial charge in [0.15, 0.2) is 0 Å². The maximum atomic E-state index is 12.9. The third-order valence-corrected chi connectivity index (χ3v) is 6.47. The Balaban J connectivity index is 1.51. The van der Waals surface area contributed by atoms with Crippen LogP contribution in [-0.4, -0.2) is 15.5 Å². The molecule has 0 atom stereocenters. The van der Waals surface area contributed by atoms with Gasteiger partial charge in [-0.1, -0.05) is 23.2 Å². The molecule has 1 aliphatic carbocycles. The molecule has 0 saturated heterocycles. The Bertz CT molecular complexity index is 1090. The molecule has 2 aromatic heterocycles. The van der Waals surface area contributed by atoms with Crippen LogP contribution in [0.25, 0.3) is 10.2 Å². The van der Waals surface area contributed by atoms with Crippen molar-refractivity contribution in [1.29, 1.82) is 0 Å². The monoisotopic (exact) mass is 421 g/mol. The van der Waals surface area contributed by atoms with Gasteiger partial charge in [0.25, 0.3) is 5.56 Å². The molecule has 1 N–H and O–H groups in total. The molecule has 0 radical (unpaired) electrons. The van der Waals surface area contributed by atoms with Crippen LogP contribution in [0.1, 0.15) is 29.7 Å². The van der Waals surface area contributed by atoms with Gasteiger partial charge < -0.3 is 5.32 Å². The molecule has 4 rings (SSSR count). The maximum Gasteiger partial charge on any atom is 0.262 e. The summed E-state index contributed by atoms with van der Waals surface area (Å²) in [6.07, 6.45) is 5.93. The zero-order valence-corrected chi connectivity index (χ0v) is 16.8. The molecule has 1 aromatic carbocycles. The van der Waals surface area contributed by atoms with E-state index in [1.807, 2.05) is 0 Å². The van der Waals surface area contributed by atoms with Gasteiger partial charge in [-0.2, -0.15) is 0 Å². The average molecular weight is 422 g/mol. The van der Waals surface area contributed by atoms with Crippen molar-refractivity contribution in [3.63, 3.8) is 0 Å². The molecule has 8 heteroatoms. The van der Waals surface area contributed by atoms with Crippen molar-refractivity contribution in [2.75, 3.05) is 5.32 Å². The van der Waals surface area contributed by atoms with Crippen LogP contribution in [0.15, 0.2) is 29.3 Å². The van der Waals surface area contributed by atoms with Crippen LogP contribution in [0.4, 0.5) is 5.69 Å². The fourth-order valence-electron chi connectivity index (χ4n) is 3.37. The van der Waals surface area contributed by atoms with Crippen molar-refractivity contribution >= 4 is 56.3 Å². The van der Waals surface area contributed by atoms with Crippen LogP contribution in [0.3, 0.4) is 0 Å². The summed E-state index contributed by atoms with van der Waals surface area (Å²) in [5.74, 6) is -0.224. The van der Waals surface area contributed by atoms with Gasteiger partial charge in [0.1, 0.15) is 4.83 Å². The highest BCUT2D eigenvalue weighted by Gasteiger charge is 2.20. The Morgan fingerprint density at radius 3 is 2.89 bits per heavy atom. The second-order valence-electron chi connectivity index (χ2n) is 6.56. The van der Waals surface area contributed by atoms with Gasteiger partial charge in [-0.3, -0.25) is 14.2 Å². The molecule has 0 spiro atoms. The average Bonchev–Trinajstić information content (AvgIpc) is 3.03. The molecule has 2 heterocycles. The predicted molar refractivity (Wildman–Crippen MR) is 110 cm³/mol. The standard InChI is InChI=1S/C19H17Cl2N3O2S/c20-11-5-6-14(13(21)9-11)23-16(25)7-8-24-10-22-18-17(19(24)26)12-3-1-2-4-15(12)27-18/h5-6,9-10H,1-4,7-8H2,(H,23,25). The van der Waals surface area contributed by atoms with Crippen molar-refractivity contribution < 1.29 is 4.79 Å². The van der Waals surface area contributed by atoms with Crippen molar-refractivity contribution in [2.24, 2.45) is 0 Å². The third kappa shape index (κ3) is 3.74. The number of nitrogens with one attached hydrogen (secondary N) is 1. The molecule has 0 aliphatic heterocycles. The number of halogens is 2. The Morgan fingerprint density at radius 2 is 2.07 bits per heavy atom. The predicted octanol–water partition coefficient (Wildman–Crippen LogP) is 4.67. The number of amides is 1. The summed E-state index contributed by atoms with van der Waals surface area (Å²) in [6.45, 7) is 0.267. The molecule has 0 unspecified atom stereocenters. The normalized spacial score (nSPS) is 13.6. The minimum atomic E-state index is -0.224. The summed E-state index contributed by atoms with van der Waals surface area (Å²) in [6, 6.07) is 4.88. The first-order valence-electron chi connectivity index (χ1n) is 8.77. The number of hydrogen-bond donors (Lipinski definition) is 1. The van der Waals surface area contributed by atoms with E-state index in [1.54, 1.807) is 29.5 Å². The van der Waals surface area contributed by atoms with E-state index < -0.39 is 0 Å². The van der Waals surface area contributed by atoms with Gasteiger partial charge in [-0.05, 0) is 49.4 Å². The van der Waals surface area contributed by atoms with Gasteiger partial charge in [0, 0.05) is 22.9 Å². The van der Waals surface area contributed by atoms with Gasteiger partial charge in [-0.25, -0.2) is 4.98 Å². The fourth-order valence-corrected chi connectivity index (χ4v) is 5.04. The summed E-state index contributed by atoms with van der Waals surface area (Å²) in [7, 11) is 0. The van der Waals surface area contributed by atoms with Gasteiger partial charge >= 0.3 is 0 Å². The Hall–Kier alpha value is -1.89. The number of hydrogen-bond acceptors (Lipinski definition) is 4. The summed E-state index contributed by atoms with van der Waals surface area (Å²) in [5.41, 5.74) is 1.60. The van der Waals surface area contributed by atoms with E-state index in [2.05, 4.69) is 10.3 Å². The lowest BCUT2D eigenvalue weighted by Crippen LogP contribution is -2.24. The highest BCUT2D eigenvalue weighted by molar-refractivity contribution is 7.18. The third-order valence-electron chi connectivity index (χ3n) is 4.73. The lowest BCUT2D eigenvalue weighted by molar-refractivity contribution is -0.116. The molecule has 3 aromatic rings. The topological polar surface area (TPSA) is 64.0 Å². The molecule has 1 aliphatic rings.